The Morgan fingerprint density at radius 1 is 1.33 bits per heavy atom. The van der Waals surface area contributed by atoms with E-state index in [1.807, 2.05) is 4.57 Å². The number of carbonyl (C=O) groups excluding carboxylic acids is 1. The van der Waals surface area contributed by atoms with Crippen molar-refractivity contribution in [2.24, 2.45) is 0 Å². The number of carbonyl (C=O) groups is 1. The van der Waals surface area contributed by atoms with Crippen LogP contribution in [0.5, 0.6) is 5.75 Å². The van der Waals surface area contributed by atoms with Crippen LogP contribution in [0.1, 0.15) is 29.2 Å². The highest BCUT2D eigenvalue weighted by Crippen LogP contribution is 2.36. The van der Waals surface area contributed by atoms with Crippen LogP contribution in [0.3, 0.4) is 0 Å². The summed E-state index contributed by atoms with van der Waals surface area (Å²) in [5, 5.41) is 2.71. The summed E-state index contributed by atoms with van der Waals surface area (Å²) in [5.74, 6) is -0.743. The Labute approximate surface area is 137 Å². The number of nitrogens with one attached hydrogen (secondary N) is 1. The number of imidazole rings is 1. The van der Waals surface area contributed by atoms with Crippen molar-refractivity contribution in [1.82, 2.24) is 14.5 Å². The summed E-state index contributed by atoms with van der Waals surface area (Å²) in [7, 11) is 1.37. The molecular weight excluding hydrogens is 311 g/mol. The largest absolute Gasteiger partial charge is 0.494 e. The molecule has 6 nitrogen and oxygen atoms in total. The molecule has 0 spiro atoms. The summed E-state index contributed by atoms with van der Waals surface area (Å²) >= 11 is 0. The minimum Gasteiger partial charge on any atom is -0.494 e. The molecule has 0 atom stereocenters. The molecule has 122 valence electrons. The maximum absolute atomic E-state index is 13.4. The van der Waals surface area contributed by atoms with E-state index in [4.69, 9.17) is 4.74 Å². The van der Waals surface area contributed by atoms with E-state index in [1.165, 1.54) is 31.5 Å². The lowest BCUT2D eigenvalue weighted by atomic mass is 10.2. The molecule has 0 saturated heterocycles. The van der Waals surface area contributed by atoms with E-state index in [-0.39, 0.29) is 11.7 Å². The predicted molar refractivity (Wildman–Crippen MR) is 86.7 cm³/mol. The van der Waals surface area contributed by atoms with Crippen molar-refractivity contribution in [3.05, 3.63) is 48.2 Å². The number of rotatable bonds is 4. The summed E-state index contributed by atoms with van der Waals surface area (Å²) < 4.78 is 20.4. The van der Waals surface area contributed by atoms with E-state index in [0.29, 0.717) is 22.8 Å². The highest BCUT2D eigenvalue weighted by molar-refractivity contribution is 6.05. The second-order valence-electron chi connectivity index (χ2n) is 5.75. The zero-order valence-corrected chi connectivity index (χ0v) is 13.0. The number of methoxy groups -OCH3 is 1. The molecule has 2 heterocycles. The molecule has 0 bridgehead atoms. The molecule has 0 aliphatic heterocycles. The van der Waals surface area contributed by atoms with E-state index < -0.39 is 5.82 Å². The van der Waals surface area contributed by atoms with Gasteiger partial charge < -0.3 is 14.6 Å². The Balaban J connectivity index is 1.59. The van der Waals surface area contributed by atoms with Gasteiger partial charge in [0.15, 0.2) is 17.2 Å². The molecule has 0 unspecified atom stereocenters. The van der Waals surface area contributed by atoms with Gasteiger partial charge in [-0.1, -0.05) is 0 Å². The number of benzene rings is 1. The van der Waals surface area contributed by atoms with Gasteiger partial charge in [0.1, 0.15) is 5.52 Å². The lowest BCUT2D eigenvalue weighted by Gasteiger charge is -2.08. The Bertz CT molecular complexity index is 933. The number of aromatic nitrogens is 3. The Morgan fingerprint density at radius 2 is 2.17 bits per heavy atom. The first-order valence-corrected chi connectivity index (χ1v) is 7.63. The number of nitrogens with zero attached hydrogens (tertiary/aromatic N) is 3. The molecule has 24 heavy (non-hydrogen) atoms. The molecule has 2 aromatic heterocycles. The van der Waals surface area contributed by atoms with Gasteiger partial charge in [-0.15, -0.1) is 0 Å². The summed E-state index contributed by atoms with van der Waals surface area (Å²) in [4.78, 5) is 21.1. The van der Waals surface area contributed by atoms with Crippen molar-refractivity contribution >= 4 is 22.8 Å². The van der Waals surface area contributed by atoms with Gasteiger partial charge in [-0.3, -0.25) is 4.79 Å². The molecule has 0 radical (unpaired) electrons. The van der Waals surface area contributed by atoms with Crippen LogP contribution in [0.4, 0.5) is 10.1 Å². The average Bonchev–Trinajstić information content (AvgIpc) is 3.35. The fourth-order valence-electron chi connectivity index (χ4n) is 2.60. The summed E-state index contributed by atoms with van der Waals surface area (Å²) in [6.07, 6.45) is 5.57. The van der Waals surface area contributed by atoms with Crippen LogP contribution in [0.25, 0.3) is 11.2 Å². The summed E-state index contributed by atoms with van der Waals surface area (Å²) in [6, 6.07) is 6.34. The van der Waals surface area contributed by atoms with Crippen molar-refractivity contribution in [2.75, 3.05) is 12.4 Å². The van der Waals surface area contributed by atoms with Crippen LogP contribution in [0, 0.1) is 5.82 Å². The first-order chi connectivity index (χ1) is 11.7. The van der Waals surface area contributed by atoms with Gasteiger partial charge in [0.2, 0.25) is 0 Å². The molecule has 1 fully saturated rings. The fourth-order valence-corrected chi connectivity index (χ4v) is 2.60. The van der Waals surface area contributed by atoms with Gasteiger partial charge in [0.25, 0.3) is 5.91 Å². The number of hydrogen-bond acceptors (Lipinski definition) is 4. The number of amides is 1. The molecule has 4 rings (SSSR count). The van der Waals surface area contributed by atoms with E-state index in [2.05, 4.69) is 15.3 Å². The molecule has 1 saturated carbocycles. The highest BCUT2D eigenvalue weighted by Gasteiger charge is 2.25. The van der Waals surface area contributed by atoms with Crippen LogP contribution >= 0.6 is 0 Å². The first kappa shape index (κ1) is 14.6. The van der Waals surface area contributed by atoms with Crippen LogP contribution in [0.15, 0.2) is 36.8 Å². The number of hydrogen-bond donors (Lipinski definition) is 1. The Kier molecular flexibility index (Phi) is 3.41. The smallest absolute Gasteiger partial charge is 0.257 e. The first-order valence-electron chi connectivity index (χ1n) is 7.63. The molecule has 1 aromatic carbocycles. The minimum atomic E-state index is -0.482. The number of pyridine rings is 1. The zero-order valence-electron chi connectivity index (χ0n) is 13.0. The number of anilines is 1. The minimum absolute atomic E-state index is 0.0737. The highest BCUT2D eigenvalue weighted by atomic mass is 19.1. The molecular formula is C17H15FN4O2. The maximum atomic E-state index is 13.4. The second kappa shape index (κ2) is 5.59. The molecule has 1 aliphatic carbocycles. The monoisotopic (exact) mass is 326 g/mol. The van der Waals surface area contributed by atoms with Crippen molar-refractivity contribution in [1.29, 1.82) is 0 Å². The van der Waals surface area contributed by atoms with E-state index >= 15 is 0 Å². The van der Waals surface area contributed by atoms with Crippen molar-refractivity contribution < 1.29 is 13.9 Å². The van der Waals surface area contributed by atoms with Crippen LogP contribution in [0.2, 0.25) is 0 Å². The number of ether oxygens (including phenoxy) is 1. The van der Waals surface area contributed by atoms with Gasteiger partial charge >= 0.3 is 0 Å². The van der Waals surface area contributed by atoms with E-state index in [0.717, 1.165) is 18.5 Å². The zero-order chi connectivity index (χ0) is 16.7. The van der Waals surface area contributed by atoms with E-state index in [1.54, 1.807) is 12.4 Å². The molecule has 7 heteroatoms. The quantitative estimate of drug-likeness (QED) is 0.799. The maximum Gasteiger partial charge on any atom is 0.257 e. The lowest BCUT2D eigenvalue weighted by Crippen LogP contribution is -2.12. The van der Waals surface area contributed by atoms with Gasteiger partial charge in [0, 0.05) is 24.0 Å². The third-order valence-electron chi connectivity index (χ3n) is 4.02. The van der Waals surface area contributed by atoms with Crippen molar-refractivity contribution in [3.8, 4) is 5.75 Å². The van der Waals surface area contributed by atoms with Gasteiger partial charge in [-0.2, -0.15) is 0 Å². The lowest BCUT2D eigenvalue weighted by molar-refractivity contribution is 0.102. The second-order valence-corrected chi connectivity index (χ2v) is 5.75. The summed E-state index contributed by atoms with van der Waals surface area (Å²) in [6.45, 7) is 0. The molecule has 1 N–H and O–H groups in total. The molecule has 1 aliphatic rings. The van der Waals surface area contributed by atoms with E-state index in [9.17, 15) is 9.18 Å². The third-order valence-corrected chi connectivity index (χ3v) is 4.02. The predicted octanol–water partition coefficient (Wildman–Crippen LogP) is 3.17. The van der Waals surface area contributed by atoms with Gasteiger partial charge in [-0.25, -0.2) is 14.4 Å². The Morgan fingerprint density at radius 3 is 2.92 bits per heavy atom. The normalized spacial score (nSPS) is 13.9. The standard InChI is InChI=1S/C17H15FN4O2/c1-24-15-7-11(2-5-13(15)18)21-17(23)10-6-14-16(19-8-10)22(9-20-14)12-3-4-12/h2,5-9,12H,3-4H2,1H3,(H,21,23). The Hall–Kier alpha value is -2.96. The number of fused-ring (bicyclic) bond motifs is 1. The van der Waals surface area contributed by atoms with Crippen molar-refractivity contribution in [2.45, 2.75) is 18.9 Å². The van der Waals surface area contributed by atoms with Crippen LogP contribution in [-0.4, -0.2) is 27.6 Å². The van der Waals surface area contributed by atoms with Gasteiger partial charge in [0.05, 0.1) is 19.0 Å². The van der Waals surface area contributed by atoms with Crippen molar-refractivity contribution in [3.63, 3.8) is 0 Å². The van der Waals surface area contributed by atoms with Gasteiger partial charge in [-0.05, 0) is 31.0 Å². The van der Waals surface area contributed by atoms with Crippen LogP contribution < -0.4 is 10.1 Å². The SMILES string of the molecule is COc1cc(NC(=O)c2cnc3c(c2)ncn3C2CC2)ccc1F. The third kappa shape index (κ3) is 2.58. The average molecular weight is 326 g/mol. The summed E-state index contributed by atoms with van der Waals surface area (Å²) in [5.41, 5.74) is 2.32. The topological polar surface area (TPSA) is 69.0 Å². The number of halogens is 1. The molecule has 1 amide bonds. The molecule has 3 aromatic rings. The van der Waals surface area contributed by atoms with Crippen LogP contribution in [-0.2, 0) is 0 Å². The fraction of sp³-hybridized carbons (Fsp3) is 0.235.